The number of carbonyl (C=O) groups excluding carboxylic acids is 2. The lowest BCUT2D eigenvalue weighted by Crippen LogP contribution is -2.48. The topological polar surface area (TPSA) is 92.3 Å². The third kappa shape index (κ3) is 4.27. The molecule has 1 fully saturated rings. The molecule has 0 spiro atoms. The zero-order valence-electron chi connectivity index (χ0n) is 13.8. The first-order valence-electron chi connectivity index (χ1n) is 7.60. The summed E-state index contributed by atoms with van der Waals surface area (Å²) in [6, 6.07) is 4.65. The van der Waals surface area contributed by atoms with Gasteiger partial charge in [-0.05, 0) is 44.9 Å². The fraction of sp³-hybridized carbons (Fsp3) is 0.500. The third-order valence-electron chi connectivity index (χ3n) is 4.13. The van der Waals surface area contributed by atoms with Gasteiger partial charge in [0.15, 0.2) is 9.84 Å². The average molecular weight is 373 g/mol. The molecule has 8 heteroatoms. The molecule has 0 saturated carbocycles. The minimum atomic E-state index is -3.09. The van der Waals surface area contributed by atoms with E-state index in [2.05, 4.69) is 10.6 Å². The number of nitrogens with one attached hydrogen (secondary N) is 2. The second-order valence-electron chi connectivity index (χ2n) is 6.62. The van der Waals surface area contributed by atoms with Crippen LogP contribution in [0.3, 0.4) is 0 Å². The average Bonchev–Trinajstić information content (AvgIpc) is 2.81. The van der Waals surface area contributed by atoms with Crippen LogP contribution in [0.2, 0.25) is 5.02 Å². The molecule has 1 unspecified atom stereocenters. The minimum Gasteiger partial charge on any atom is -0.351 e. The first-order valence-corrected chi connectivity index (χ1v) is 9.80. The first kappa shape index (κ1) is 18.7. The lowest BCUT2D eigenvalue weighted by atomic mass is 9.90. The van der Waals surface area contributed by atoms with Gasteiger partial charge in [0, 0.05) is 16.8 Å². The van der Waals surface area contributed by atoms with E-state index < -0.39 is 33.1 Å². The Bertz CT molecular complexity index is 774. The Labute approximate surface area is 146 Å². The highest BCUT2D eigenvalue weighted by molar-refractivity contribution is 7.91. The van der Waals surface area contributed by atoms with Gasteiger partial charge >= 0.3 is 0 Å². The van der Waals surface area contributed by atoms with Crippen LogP contribution in [0.4, 0.5) is 5.69 Å². The van der Waals surface area contributed by atoms with Gasteiger partial charge in [-0.15, -0.1) is 0 Å². The number of carbonyl (C=O) groups is 2. The molecule has 1 saturated heterocycles. The summed E-state index contributed by atoms with van der Waals surface area (Å²) in [7, 11) is -3.09. The molecule has 2 N–H and O–H groups in total. The number of hydrogen-bond donors (Lipinski definition) is 2. The van der Waals surface area contributed by atoms with Crippen molar-refractivity contribution in [2.75, 3.05) is 16.8 Å². The normalized spacial score (nSPS) is 19.8. The van der Waals surface area contributed by atoms with E-state index in [4.69, 9.17) is 11.6 Å². The van der Waals surface area contributed by atoms with Crippen LogP contribution in [0.25, 0.3) is 0 Å². The molecule has 1 heterocycles. The Balaban J connectivity index is 2.03. The lowest BCUT2D eigenvalue weighted by molar-refractivity contribution is -0.138. The fourth-order valence-corrected chi connectivity index (χ4v) is 4.19. The van der Waals surface area contributed by atoms with E-state index in [0.717, 1.165) is 5.56 Å². The summed E-state index contributed by atoms with van der Waals surface area (Å²) in [4.78, 5) is 24.8. The van der Waals surface area contributed by atoms with Gasteiger partial charge in [-0.2, -0.15) is 0 Å². The highest BCUT2D eigenvalue weighted by atomic mass is 35.5. The molecule has 24 heavy (non-hydrogen) atoms. The summed E-state index contributed by atoms with van der Waals surface area (Å²) in [6.45, 7) is 4.84. The fourth-order valence-electron chi connectivity index (χ4n) is 2.34. The number of aryl methyl sites for hydroxylation is 1. The molecule has 2 amide bonds. The van der Waals surface area contributed by atoms with Crippen molar-refractivity contribution in [3.8, 4) is 0 Å². The Morgan fingerprint density at radius 2 is 1.92 bits per heavy atom. The Hall–Kier alpha value is -1.60. The van der Waals surface area contributed by atoms with Crippen molar-refractivity contribution in [3.63, 3.8) is 0 Å². The Morgan fingerprint density at radius 3 is 2.46 bits per heavy atom. The molecule has 1 atom stereocenters. The smallest absolute Gasteiger partial charge is 0.239 e. The molecular weight excluding hydrogens is 352 g/mol. The van der Waals surface area contributed by atoms with Gasteiger partial charge in [0.1, 0.15) is 5.41 Å². The van der Waals surface area contributed by atoms with Crippen molar-refractivity contribution in [1.82, 2.24) is 5.32 Å². The molecule has 0 radical (unpaired) electrons. The van der Waals surface area contributed by atoms with E-state index in [0.29, 0.717) is 17.1 Å². The SMILES string of the molecule is Cc1ccc(NC(=O)C(C)(C)C(=O)NC2CCS(=O)(=O)C2)cc1Cl. The maximum Gasteiger partial charge on any atom is 0.239 e. The minimum absolute atomic E-state index is 0.0619. The van der Waals surface area contributed by atoms with Gasteiger partial charge in [0.05, 0.1) is 11.5 Å². The maximum atomic E-state index is 12.4. The largest absolute Gasteiger partial charge is 0.351 e. The van der Waals surface area contributed by atoms with Crippen molar-refractivity contribution in [3.05, 3.63) is 28.8 Å². The summed E-state index contributed by atoms with van der Waals surface area (Å²) >= 11 is 6.03. The number of amides is 2. The number of sulfone groups is 1. The van der Waals surface area contributed by atoms with Crippen molar-refractivity contribution in [2.45, 2.75) is 33.2 Å². The molecule has 6 nitrogen and oxygen atoms in total. The lowest BCUT2D eigenvalue weighted by Gasteiger charge is -2.24. The van der Waals surface area contributed by atoms with Gasteiger partial charge in [0.2, 0.25) is 11.8 Å². The monoisotopic (exact) mass is 372 g/mol. The summed E-state index contributed by atoms with van der Waals surface area (Å²) in [6.07, 6.45) is 0.374. The predicted molar refractivity (Wildman–Crippen MR) is 93.8 cm³/mol. The molecular formula is C16H21ClN2O4S. The predicted octanol–water partition coefficient (Wildman–Crippen LogP) is 1.92. The summed E-state index contributed by atoms with van der Waals surface area (Å²) in [5.41, 5.74) is 0.0398. The second-order valence-corrected chi connectivity index (χ2v) is 9.25. The molecule has 1 aromatic carbocycles. The van der Waals surface area contributed by atoms with Crippen LogP contribution in [-0.2, 0) is 19.4 Å². The van der Waals surface area contributed by atoms with Crippen molar-refractivity contribution in [2.24, 2.45) is 5.41 Å². The summed E-state index contributed by atoms with van der Waals surface area (Å²) in [5.74, 6) is -1.00. The number of anilines is 1. The van der Waals surface area contributed by atoms with Crippen LogP contribution in [0.1, 0.15) is 25.8 Å². The number of rotatable bonds is 4. The number of benzene rings is 1. The van der Waals surface area contributed by atoms with Crippen LogP contribution in [0.5, 0.6) is 0 Å². The molecule has 1 aliphatic rings. The van der Waals surface area contributed by atoms with Crippen LogP contribution < -0.4 is 10.6 Å². The molecule has 0 bridgehead atoms. The molecule has 132 valence electrons. The van der Waals surface area contributed by atoms with E-state index in [9.17, 15) is 18.0 Å². The molecule has 0 aromatic heterocycles. The second kappa shape index (κ2) is 6.72. The zero-order chi connectivity index (χ0) is 18.1. The summed E-state index contributed by atoms with van der Waals surface area (Å²) < 4.78 is 22.9. The van der Waals surface area contributed by atoms with E-state index in [-0.39, 0.29) is 11.5 Å². The van der Waals surface area contributed by atoms with Crippen molar-refractivity contribution >= 4 is 38.9 Å². The van der Waals surface area contributed by atoms with E-state index in [1.54, 1.807) is 18.2 Å². The third-order valence-corrected chi connectivity index (χ3v) is 6.31. The Kier molecular flexibility index (Phi) is 5.25. The Morgan fingerprint density at radius 1 is 1.25 bits per heavy atom. The van der Waals surface area contributed by atoms with E-state index in [1.165, 1.54) is 13.8 Å². The van der Waals surface area contributed by atoms with Crippen LogP contribution in [0.15, 0.2) is 18.2 Å². The highest BCUT2D eigenvalue weighted by Gasteiger charge is 2.39. The zero-order valence-corrected chi connectivity index (χ0v) is 15.4. The van der Waals surface area contributed by atoms with E-state index >= 15 is 0 Å². The van der Waals surface area contributed by atoms with Gasteiger partial charge in [-0.3, -0.25) is 9.59 Å². The number of halogens is 1. The quantitative estimate of drug-likeness (QED) is 0.790. The van der Waals surface area contributed by atoms with Gasteiger partial charge < -0.3 is 10.6 Å². The van der Waals surface area contributed by atoms with E-state index in [1.807, 2.05) is 6.92 Å². The molecule has 1 aromatic rings. The van der Waals surface area contributed by atoms with Gasteiger partial charge in [0.25, 0.3) is 0 Å². The van der Waals surface area contributed by atoms with Crippen molar-refractivity contribution < 1.29 is 18.0 Å². The molecule has 1 aliphatic heterocycles. The van der Waals surface area contributed by atoms with Crippen LogP contribution in [0, 0.1) is 12.3 Å². The van der Waals surface area contributed by atoms with Gasteiger partial charge in [-0.1, -0.05) is 17.7 Å². The molecule has 0 aliphatic carbocycles. The number of hydrogen-bond acceptors (Lipinski definition) is 4. The standard InChI is InChI=1S/C16H21ClN2O4S/c1-10-4-5-11(8-13(10)17)18-14(20)16(2,3)15(21)19-12-6-7-24(22,23)9-12/h4-5,8,12H,6-7,9H2,1-3H3,(H,18,20)(H,19,21). The van der Waals surface area contributed by atoms with Gasteiger partial charge in [-0.25, -0.2) is 8.42 Å². The highest BCUT2D eigenvalue weighted by Crippen LogP contribution is 2.24. The van der Waals surface area contributed by atoms with Crippen LogP contribution in [-0.4, -0.2) is 37.8 Å². The summed E-state index contributed by atoms with van der Waals surface area (Å²) in [5, 5.41) is 5.85. The van der Waals surface area contributed by atoms with Crippen LogP contribution >= 0.6 is 11.6 Å². The first-order chi connectivity index (χ1) is 11.0. The maximum absolute atomic E-state index is 12.4. The van der Waals surface area contributed by atoms with Crippen molar-refractivity contribution in [1.29, 1.82) is 0 Å². The molecule has 2 rings (SSSR count).